The lowest BCUT2D eigenvalue weighted by molar-refractivity contribution is 0.229. The lowest BCUT2D eigenvalue weighted by Gasteiger charge is -2.18. The van der Waals surface area contributed by atoms with E-state index in [0.717, 1.165) is 4.90 Å². The Morgan fingerprint density at radius 1 is 1.43 bits per heavy atom. The molecule has 1 rings (SSSR count). The summed E-state index contributed by atoms with van der Waals surface area (Å²) in [4.78, 5) is 12.4. The molecule has 0 aliphatic carbocycles. The Morgan fingerprint density at radius 2 is 2.07 bits per heavy atom. The lowest BCUT2D eigenvalue weighted by Crippen LogP contribution is -2.32. The van der Waals surface area contributed by atoms with Crippen molar-refractivity contribution in [3.05, 3.63) is 30.3 Å². The van der Waals surface area contributed by atoms with Crippen molar-refractivity contribution in [3.8, 4) is 0 Å². The Bertz CT molecular complexity index is 289. The molecular weight excluding hydrogens is 196 g/mol. The van der Waals surface area contributed by atoms with E-state index in [1.807, 2.05) is 37.3 Å². The minimum atomic E-state index is -0.0682. The normalized spacial score (nSPS) is 9.57. The summed E-state index contributed by atoms with van der Waals surface area (Å²) in [6.07, 6.45) is 0. The molecule has 1 aromatic carbocycles. The van der Waals surface area contributed by atoms with E-state index in [4.69, 9.17) is 0 Å². The Balaban J connectivity index is 2.62. The van der Waals surface area contributed by atoms with Gasteiger partial charge in [0.25, 0.3) is 0 Å². The predicted octanol–water partition coefficient (Wildman–Crippen LogP) is 2.36. The van der Waals surface area contributed by atoms with E-state index in [-0.39, 0.29) is 6.03 Å². The summed E-state index contributed by atoms with van der Waals surface area (Å²) in [5.41, 5.74) is 0. The first-order valence-corrected chi connectivity index (χ1v) is 5.27. The zero-order chi connectivity index (χ0) is 10.4. The maximum absolute atomic E-state index is 11.3. The summed E-state index contributed by atoms with van der Waals surface area (Å²) in [7, 11) is 1.64. The van der Waals surface area contributed by atoms with Crippen molar-refractivity contribution in [2.45, 2.75) is 11.8 Å². The standard InChI is InChI=1S/C10H14N2OS/c1-3-12(10(13)11-2)14-9-7-5-4-6-8-9/h4-8H,3H2,1-2H3,(H,11,13). The second-order valence-electron chi connectivity index (χ2n) is 2.65. The third-order valence-electron chi connectivity index (χ3n) is 1.69. The molecule has 1 N–H and O–H groups in total. The fraction of sp³-hybridized carbons (Fsp3) is 0.300. The van der Waals surface area contributed by atoms with Gasteiger partial charge in [-0.1, -0.05) is 18.2 Å². The molecule has 0 aliphatic heterocycles. The molecule has 0 fully saturated rings. The van der Waals surface area contributed by atoms with Crippen molar-refractivity contribution in [3.63, 3.8) is 0 Å². The smallest absolute Gasteiger partial charge is 0.327 e. The first-order valence-electron chi connectivity index (χ1n) is 4.50. The second kappa shape index (κ2) is 5.54. The van der Waals surface area contributed by atoms with Gasteiger partial charge in [-0.05, 0) is 31.0 Å². The number of carbonyl (C=O) groups excluding carboxylic acids is 1. The summed E-state index contributed by atoms with van der Waals surface area (Å²) < 4.78 is 1.68. The first kappa shape index (κ1) is 10.9. The Hall–Kier alpha value is -1.16. The number of hydrogen-bond acceptors (Lipinski definition) is 2. The molecule has 0 spiro atoms. The zero-order valence-electron chi connectivity index (χ0n) is 8.36. The van der Waals surface area contributed by atoms with Gasteiger partial charge in [0.2, 0.25) is 0 Å². The van der Waals surface area contributed by atoms with E-state index in [0.29, 0.717) is 6.54 Å². The van der Waals surface area contributed by atoms with E-state index in [9.17, 15) is 4.79 Å². The van der Waals surface area contributed by atoms with Crippen LogP contribution in [0.15, 0.2) is 35.2 Å². The predicted molar refractivity (Wildman–Crippen MR) is 59.1 cm³/mol. The van der Waals surface area contributed by atoms with Crippen LogP contribution >= 0.6 is 11.9 Å². The molecular formula is C10H14N2OS. The molecule has 0 atom stereocenters. The molecule has 0 saturated carbocycles. The van der Waals surface area contributed by atoms with Gasteiger partial charge in [0.05, 0.1) is 0 Å². The molecule has 0 saturated heterocycles. The maximum Gasteiger partial charge on any atom is 0.327 e. The van der Waals surface area contributed by atoms with Crippen LogP contribution in [0.5, 0.6) is 0 Å². The van der Waals surface area contributed by atoms with Gasteiger partial charge in [0, 0.05) is 18.5 Å². The van der Waals surface area contributed by atoms with Gasteiger partial charge >= 0.3 is 6.03 Å². The number of benzene rings is 1. The van der Waals surface area contributed by atoms with Crippen LogP contribution in [-0.4, -0.2) is 23.9 Å². The van der Waals surface area contributed by atoms with Crippen molar-refractivity contribution >= 4 is 18.0 Å². The molecule has 0 aromatic heterocycles. The lowest BCUT2D eigenvalue weighted by atomic mass is 10.4. The van der Waals surface area contributed by atoms with Crippen molar-refractivity contribution in [1.82, 2.24) is 9.62 Å². The molecule has 2 amide bonds. The molecule has 4 heteroatoms. The van der Waals surface area contributed by atoms with Gasteiger partial charge in [-0.25, -0.2) is 4.79 Å². The van der Waals surface area contributed by atoms with Crippen molar-refractivity contribution in [2.75, 3.05) is 13.6 Å². The van der Waals surface area contributed by atoms with Crippen LogP contribution in [0, 0.1) is 0 Å². The second-order valence-corrected chi connectivity index (χ2v) is 3.75. The SMILES string of the molecule is CCN(Sc1ccccc1)C(=O)NC. The van der Waals surface area contributed by atoms with E-state index in [1.54, 1.807) is 11.4 Å². The minimum Gasteiger partial charge on any atom is -0.340 e. The summed E-state index contributed by atoms with van der Waals surface area (Å²) in [5, 5.41) is 2.60. The van der Waals surface area contributed by atoms with E-state index >= 15 is 0 Å². The molecule has 0 unspecified atom stereocenters. The topological polar surface area (TPSA) is 32.3 Å². The highest BCUT2D eigenvalue weighted by Gasteiger charge is 2.10. The van der Waals surface area contributed by atoms with Crippen LogP contribution < -0.4 is 5.32 Å². The Morgan fingerprint density at radius 3 is 2.57 bits per heavy atom. The molecule has 14 heavy (non-hydrogen) atoms. The zero-order valence-corrected chi connectivity index (χ0v) is 9.17. The van der Waals surface area contributed by atoms with Crippen LogP contribution in [0.2, 0.25) is 0 Å². The molecule has 1 aromatic rings. The van der Waals surface area contributed by atoms with Crippen LogP contribution in [0.25, 0.3) is 0 Å². The van der Waals surface area contributed by atoms with Crippen LogP contribution in [0.1, 0.15) is 6.92 Å². The maximum atomic E-state index is 11.3. The molecule has 0 bridgehead atoms. The average molecular weight is 210 g/mol. The number of amides is 2. The summed E-state index contributed by atoms with van der Waals surface area (Å²) in [6.45, 7) is 2.63. The van der Waals surface area contributed by atoms with Gasteiger partial charge < -0.3 is 5.32 Å². The van der Waals surface area contributed by atoms with Crippen molar-refractivity contribution in [2.24, 2.45) is 0 Å². The molecule has 3 nitrogen and oxygen atoms in total. The summed E-state index contributed by atoms with van der Waals surface area (Å²) >= 11 is 1.44. The van der Waals surface area contributed by atoms with Crippen LogP contribution in [0.4, 0.5) is 4.79 Å². The fourth-order valence-electron chi connectivity index (χ4n) is 0.983. The number of hydrogen-bond donors (Lipinski definition) is 1. The highest BCUT2D eigenvalue weighted by atomic mass is 32.2. The molecule has 0 aliphatic rings. The van der Waals surface area contributed by atoms with Gasteiger partial charge in [-0.2, -0.15) is 0 Å². The molecule has 76 valence electrons. The first-order chi connectivity index (χ1) is 6.77. The average Bonchev–Trinajstić information content (AvgIpc) is 2.26. The fourth-order valence-corrected chi connectivity index (χ4v) is 1.82. The van der Waals surface area contributed by atoms with Crippen LogP contribution in [-0.2, 0) is 0 Å². The van der Waals surface area contributed by atoms with Gasteiger partial charge in [0.15, 0.2) is 0 Å². The largest absolute Gasteiger partial charge is 0.340 e. The quantitative estimate of drug-likeness (QED) is 0.777. The Labute approximate surface area is 88.6 Å². The number of nitrogens with one attached hydrogen (secondary N) is 1. The van der Waals surface area contributed by atoms with Crippen molar-refractivity contribution < 1.29 is 4.79 Å². The third kappa shape index (κ3) is 2.96. The van der Waals surface area contributed by atoms with Gasteiger partial charge in [-0.15, -0.1) is 0 Å². The van der Waals surface area contributed by atoms with E-state index in [1.165, 1.54) is 11.9 Å². The highest BCUT2D eigenvalue weighted by Crippen LogP contribution is 2.21. The van der Waals surface area contributed by atoms with Crippen molar-refractivity contribution in [1.29, 1.82) is 0 Å². The monoisotopic (exact) mass is 210 g/mol. The molecule has 0 radical (unpaired) electrons. The number of nitrogens with zero attached hydrogens (tertiary/aromatic N) is 1. The summed E-state index contributed by atoms with van der Waals surface area (Å²) in [5.74, 6) is 0. The van der Waals surface area contributed by atoms with Gasteiger partial charge in [-0.3, -0.25) is 4.31 Å². The molecule has 0 heterocycles. The number of carbonyl (C=O) groups is 1. The Kier molecular flexibility index (Phi) is 4.32. The van der Waals surface area contributed by atoms with Crippen LogP contribution in [0.3, 0.4) is 0 Å². The van der Waals surface area contributed by atoms with E-state index < -0.39 is 0 Å². The third-order valence-corrected chi connectivity index (χ3v) is 2.81. The van der Waals surface area contributed by atoms with E-state index in [2.05, 4.69) is 5.32 Å². The number of rotatable bonds is 3. The summed E-state index contributed by atoms with van der Waals surface area (Å²) in [6, 6.07) is 9.77. The minimum absolute atomic E-state index is 0.0682. The van der Waals surface area contributed by atoms with Gasteiger partial charge in [0.1, 0.15) is 0 Å². The highest BCUT2D eigenvalue weighted by molar-refractivity contribution is 7.97. The number of urea groups is 1.